The maximum absolute atomic E-state index is 9.63. The molecule has 2 heterocycles. The van der Waals surface area contributed by atoms with E-state index in [9.17, 15) is 9.13 Å². The lowest BCUT2D eigenvalue weighted by Gasteiger charge is -2.11. The molecule has 0 aromatic heterocycles. The molecule has 0 aromatic rings. The quantitative estimate of drug-likeness (QED) is 0.184. The molecule has 2 fully saturated rings. The van der Waals surface area contributed by atoms with E-state index in [-0.39, 0.29) is 0 Å². The summed E-state index contributed by atoms with van der Waals surface area (Å²) in [6, 6.07) is 0. The Morgan fingerprint density at radius 1 is 0.500 bits per heavy atom. The van der Waals surface area contributed by atoms with Crippen LogP contribution >= 0.6 is 23.5 Å². The van der Waals surface area contributed by atoms with Crippen LogP contribution < -0.4 is 21.3 Å². The van der Waals surface area contributed by atoms with Gasteiger partial charge in [0.05, 0.1) is 0 Å². The molecule has 0 saturated carbocycles. The van der Waals surface area contributed by atoms with E-state index in [2.05, 4.69) is 25.6 Å². The van der Waals surface area contributed by atoms with Gasteiger partial charge in [0.15, 0.2) is 0 Å². The van der Waals surface area contributed by atoms with Crippen LogP contribution in [0.5, 0.6) is 0 Å². The molecule has 160 valence electrons. The maximum atomic E-state index is 9.63. The lowest BCUT2D eigenvalue weighted by Crippen LogP contribution is -2.39. The Morgan fingerprint density at radius 2 is 0.654 bits per heavy atom. The third-order valence-electron chi connectivity index (χ3n) is 2.13. The second-order valence-corrected chi connectivity index (χ2v) is 8.22. The first-order valence-corrected chi connectivity index (χ1v) is 11.8. The fourth-order valence-electron chi connectivity index (χ4n) is 1.35. The van der Waals surface area contributed by atoms with Crippen molar-refractivity contribution in [1.82, 2.24) is 21.3 Å². The first-order valence-electron chi connectivity index (χ1n) is 7.14. The van der Waals surface area contributed by atoms with Gasteiger partial charge in [0.2, 0.25) is 0 Å². The van der Waals surface area contributed by atoms with Crippen LogP contribution in [0.2, 0.25) is 0 Å². The molecule has 2 saturated heterocycles. The summed E-state index contributed by atoms with van der Waals surface area (Å²) >= 11 is 0. The molecular formula is C8H27N4O11P3. The molecule has 26 heavy (non-hydrogen) atoms. The summed E-state index contributed by atoms with van der Waals surface area (Å²) < 4.78 is 31.1. The van der Waals surface area contributed by atoms with Gasteiger partial charge < -0.3 is 55.5 Å². The zero-order valence-corrected chi connectivity index (χ0v) is 16.4. The number of phosphoric acid groups is 3. The number of nitrogens with one attached hydrogen (secondary N) is 4. The molecule has 0 aliphatic carbocycles. The van der Waals surface area contributed by atoms with Crippen LogP contribution in [0.15, 0.2) is 0 Å². The lowest BCUT2D eigenvalue weighted by molar-refractivity contribution is 0.225. The summed E-state index contributed by atoms with van der Waals surface area (Å²) in [6.07, 6.45) is 0. The molecule has 2 aliphatic rings. The van der Waals surface area contributed by atoms with E-state index in [0.29, 0.717) is 0 Å². The molecular weight excluding hydrogens is 421 g/mol. The zero-order chi connectivity index (χ0) is 20.7. The molecule has 0 unspecified atom stereocenters. The maximum Gasteiger partial charge on any atom is 0.478 e. The SMILES string of the molecule is C1CNCCN1.C1CNCCN1.O=P(O)(O)O.O=P(O)(O)OP(=O)(O)O. The average Bonchev–Trinajstić information content (AvgIpc) is 2.47. The van der Waals surface area contributed by atoms with Crippen LogP contribution in [0.1, 0.15) is 0 Å². The van der Waals surface area contributed by atoms with Crippen LogP contribution in [0.3, 0.4) is 0 Å². The van der Waals surface area contributed by atoms with E-state index in [1.807, 2.05) is 0 Å². The lowest BCUT2D eigenvalue weighted by atomic mass is 10.4. The normalized spacial score (nSPS) is 18.1. The van der Waals surface area contributed by atoms with Crippen LogP contribution in [0.25, 0.3) is 0 Å². The number of hydrogen-bond donors (Lipinski definition) is 11. The van der Waals surface area contributed by atoms with Gasteiger partial charge >= 0.3 is 23.5 Å². The second kappa shape index (κ2) is 15.2. The molecule has 0 amide bonds. The molecule has 18 heteroatoms. The predicted octanol–water partition coefficient (Wildman–Crippen LogP) is -3.38. The van der Waals surface area contributed by atoms with Gasteiger partial charge in [-0.05, 0) is 0 Å². The molecule has 15 nitrogen and oxygen atoms in total. The molecule has 0 radical (unpaired) electrons. The standard InChI is InChI=1S/2C4H10N2.H4O7P2.H3O4P/c2*1-2-6-4-3-5-1;1-8(2,3)7-9(4,5)6;1-5(2,3)4/h2*5-6H,1-4H2;(H2,1,2,3)(H2,4,5,6);(H3,1,2,3,4). The number of hydrogen-bond acceptors (Lipinski definition) is 8. The summed E-state index contributed by atoms with van der Waals surface area (Å²) in [6.45, 7) is 9.11. The highest BCUT2D eigenvalue weighted by Crippen LogP contribution is 2.53. The summed E-state index contributed by atoms with van der Waals surface area (Å²) in [5.74, 6) is 0. The third kappa shape index (κ3) is 39.3. The van der Waals surface area contributed by atoms with E-state index in [1.165, 1.54) is 0 Å². The fraction of sp³-hybridized carbons (Fsp3) is 1.00. The highest BCUT2D eigenvalue weighted by atomic mass is 31.3. The monoisotopic (exact) mass is 448 g/mol. The number of piperazine rings is 2. The summed E-state index contributed by atoms with van der Waals surface area (Å²) in [4.78, 5) is 52.6. The molecule has 2 rings (SSSR count). The molecule has 0 bridgehead atoms. The Bertz CT molecular complexity index is 407. The van der Waals surface area contributed by atoms with Crippen molar-refractivity contribution in [2.24, 2.45) is 0 Å². The van der Waals surface area contributed by atoms with Gasteiger partial charge in [0.25, 0.3) is 0 Å². The first-order chi connectivity index (χ1) is 11.7. The Balaban J connectivity index is 0. The second-order valence-electron chi connectivity index (χ2n) is 4.58. The zero-order valence-electron chi connectivity index (χ0n) is 13.8. The van der Waals surface area contributed by atoms with Gasteiger partial charge in [0.1, 0.15) is 0 Å². The van der Waals surface area contributed by atoms with E-state index in [4.69, 9.17) is 38.8 Å². The van der Waals surface area contributed by atoms with Crippen molar-refractivity contribution in [2.45, 2.75) is 0 Å². The highest BCUT2D eigenvalue weighted by Gasteiger charge is 2.27. The highest BCUT2D eigenvalue weighted by molar-refractivity contribution is 7.60. The van der Waals surface area contributed by atoms with E-state index in [0.717, 1.165) is 52.4 Å². The molecule has 0 aromatic carbocycles. The molecule has 0 spiro atoms. The van der Waals surface area contributed by atoms with Crippen LogP contribution in [-0.2, 0) is 18.0 Å². The molecule has 2 aliphatic heterocycles. The summed E-state index contributed by atoms with van der Waals surface area (Å²) in [5.41, 5.74) is 0. The van der Waals surface area contributed by atoms with Crippen molar-refractivity contribution < 1.29 is 52.3 Å². The summed E-state index contributed by atoms with van der Waals surface area (Å²) in [7, 11) is -14.7. The Hall–Kier alpha value is 0.210. The van der Waals surface area contributed by atoms with Crippen molar-refractivity contribution in [2.75, 3.05) is 52.4 Å². The van der Waals surface area contributed by atoms with Crippen LogP contribution in [0.4, 0.5) is 0 Å². The van der Waals surface area contributed by atoms with Crippen LogP contribution in [0, 0.1) is 0 Å². The average molecular weight is 448 g/mol. The smallest absolute Gasteiger partial charge is 0.314 e. The summed E-state index contributed by atoms with van der Waals surface area (Å²) in [5, 5.41) is 12.9. The minimum Gasteiger partial charge on any atom is -0.314 e. The minimum absolute atomic E-state index is 1.14. The molecule has 0 atom stereocenters. The van der Waals surface area contributed by atoms with Gasteiger partial charge in [-0.1, -0.05) is 0 Å². The van der Waals surface area contributed by atoms with E-state index in [1.54, 1.807) is 0 Å². The van der Waals surface area contributed by atoms with Gasteiger partial charge in [0, 0.05) is 52.4 Å². The fourth-order valence-corrected chi connectivity index (χ4v) is 2.45. The van der Waals surface area contributed by atoms with E-state index >= 15 is 0 Å². The Morgan fingerprint density at radius 3 is 0.692 bits per heavy atom. The minimum atomic E-state index is -5.05. The van der Waals surface area contributed by atoms with Crippen LogP contribution in [-0.4, -0.2) is 86.6 Å². The topological polar surface area (TPSA) is 250 Å². The van der Waals surface area contributed by atoms with Crippen molar-refractivity contribution in [3.05, 3.63) is 0 Å². The number of rotatable bonds is 2. The van der Waals surface area contributed by atoms with Gasteiger partial charge in [-0.25, -0.2) is 13.7 Å². The Kier molecular flexibility index (Phi) is 16.6. The largest absolute Gasteiger partial charge is 0.478 e. The first kappa shape index (κ1) is 28.4. The van der Waals surface area contributed by atoms with Gasteiger partial charge in [-0.3, -0.25) is 0 Å². The predicted molar refractivity (Wildman–Crippen MR) is 90.9 cm³/mol. The van der Waals surface area contributed by atoms with Crippen molar-refractivity contribution in [3.63, 3.8) is 0 Å². The van der Waals surface area contributed by atoms with E-state index < -0.39 is 23.5 Å². The van der Waals surface area contributed by atoms with Crippen molar-refractivity contribution in [3.8, 4) is 0 Å². The Labute approximate surface area is 150 Å². The van der Waals surface area contributed by atoms with Gasteiger partial charge in [-0.2, -0.15) is 4.31 Å². The third-order valence-corrected chi connectivity index (χ3v) is 3.83. The molecule has 11 N–H and O–H groups in total. The van der Waals surface area contributed by atoms with Crippen molar-refractivity contribution in [1.29, 1.82) is 0 Å². The van der Waals surface area contributed by atoms with Crippen molar-refractivity contribution >= 4 is 23.5 Å². The van der Waals surface area contributed by atoms with Gasteiger partial charge in [-0.15, -0.1) is 0 Å².